The van der Waals surface area contributed by atoms with E-state index in [0.717, 1.165) is 20.7 Å². The molecular weight excluding hydrogens is 348 g/mol. The molecular formula is C17H20BrClN2. The predicted molar refractivity (Wildman–Crippen MR) is 95.0 cm³/mol. The number of rotatable bonds is 4. The van der Waals surface area contributed by atoms with Gasteiger partial charge in [-0.05, 0) is 49.2 Å². The van der Waals surface area contributed by atoms with Crippen LogP contribution >= 0.6 is 27.5 Å². The highest BCUT2D eigenvalue weighted by molar-refractivity contribution is 9.10. The highest BCUT2D eigenvalue weighted by Crippen LogP contribution is 2.31. The summed E-state index contributed by atoms with van der Waals surface area (Å²) in [5.74, 6) is 0. The molecule has 0 amide bonds. The Balaban J connectivity index is 2.25. The standard InChI is InChI=1S/C17H20BrClN2/c1-11(20)16-9-8-15(10-17(16)18)21(3)12(2)13-4-6-14(19)7-5-13/h4-12H,20H2,1-3H3/t11-,12?/m1/s1. The van der Waals surface area contributed by atoms with E-state index in [4.69, 9.17) is 17.3 Å². The Bertz CT molecular complexity index is 611. The van der Waals surface area contributed by atoms with Gasteiger partial charge < -0.3 is 10.6 Å². The Hall–Kier alpha value is -1.03. The van der Waals surface area contributed by atoms with Crippen molar-refractivity contribution in [3.8, 4) is 0 Å². The minimum absolute atomic E-state index is 0.0208. The van der Waals surface area contributed by atoms with Crippen LogP contribution in [0.4, 0.5) is 5.69 Å². The largest absolute Gasteiger partial charge is 0.368 e. The van der Waals surface area contributed by atoms with E-state index in [-0.39, 0.29) is 12.1 Å². The van der Waals surface area contributed by atoms with Gasteiger partial charge in [-0.3, -0.25) is 0 Å². The van der Waals surface area contributed by atoms with Gasteiger partial charge in [0.15, 0.2) is 0 Å². The average Bonchev–Trinajstić information content (AvgIpc) is 2.46. The molecule has 2 atom stereocenters. The maximum atomic E-state index is 5.95. The van der Waals surface area contributed by atoms with Gasteiger partial charge in [0.2, 0.25) is 0 Å². The summed E-state index contributed by atoms with van der Waals surface area (Å²) < 4.78 is 1.05. The summed E-state index contributed by atoms with van der Waals surface area (Å²) in [6.45, 7) is 4.16. The van der Waals surface area contributed by atoms with Crippen LogP contribution in [-0.4, -0.2) is 7.05 Å². The highest BCUT2D eigenvalue weighted by Gasteiger charge is 2.14. The molecule has 0 heterocycles. The molecule has 0 aliphatic rings. The quantitative estimate of drug-likeness (QED) is 0.792. The molecule has 0 spiro atoms. The van der Waals surface area contributed by atoms with E-state index >= 15 is 0 Å². The third kappa shape index (κ3) is 3.79. The topological polar surface area (TPSA) is 29.3 Å². The Morgan fingerprint density at radius 1 is 1.10 bits per heavy atom. The number of halogens is 2. The summed E-state index contributed by atoms with van der Waals surface area (Å²) in [5, 5.41) is 0.762. The highest BCUT2D eigenvalue weighted by atomic mass is 79.9. The Kier molecular flexibility index (Phi) is 5.31. The molecule has 2 N–H and O–H groups in total. The molecule has 0 aliphatic carbocycles. The van der Waals surface area contributed by atoms with E-state index in [1.54, 1.807) is 0 Å². The van der Waals surface area contributed by atoms with Crippen LogP contribution in [0, 0.1) is 0 Å². The first-order valence-electron chi connectivity index (χ1n) is 6.93. The summed E-state index contributed by atoms with van der Waals surface area (Å²) in [5.41, 5.74) is 9.44. The monoisotopic (exact) mass is 366 g/mol. The molecule has 21 heavy (non-hydrogen) atoms. The summed E-state index contributed by atoms with van der Waals surface area (Å²) in [6.07, 6.45) is 0. The second kappa shape index (κ2) is 6.82. The molecule has 2 rings (SSSR count). The van der Waals surface area contributed by atoms with Crippen molar-refractivity contribution in [3.63, 3.8) is 0 Å². The van der Waals surface area contributed by atoms with Crippen LogP contribution in [-0.2, 0) is 0 Å². The molecule has 2 aromatic carbocycles. The van der Waals surface area contributed by atoms with E-state index in [1.165, 1.54) is 5.56 Å². The third-order valence-electron chi connectivity index (χ3n) is 3.82. The van der Waals surface area contributed by atoms with Crippen molar-refractivity contribution in [3.05, 3.63) is 63.1 Å². The SMILES string of the molecule is CC(c1ccc(Cl)cc1)N(C)c1ccc([C@@H](C)N)c(Br)c1. The molecule has 2 aromatic rings. The van der Waals surface area contributed by atoms with Gasteiger partial charge in [-0.25, -0.2) is 0 Å². The maximum Gasteiger partial charge on any atom is 0.0511 e. The fraction of sp³-hybridized carbons (Fsp3) is 0.294. The van der Waals surface area contributed by atoms with Crippen molar-refractivity contribution in [1.82, 2.24) is 0 Å². The minimum atomic E-state index is 0.0208. The second-order valence-corrected chi connectivity index (χ2v) is 6.62. The van der Waals surface area contributed by atoms with Gasteiger partial charge in [0.25, 0.3) is 0 Å². The summed E-state index contributed by atoms with van der Waals surface area (Å²) in [7, 11) is 2.09. The van der Waals surface area contributed by atoms with E-state index in [0.29, 0.717) is 0 Å². The van der Waals surface area contributed by atoms with Gasteiger partial charge in [0, 0.05) is 28.3 Å². The normalized spacial score (nSPS) is 13.8. The van der Waals surface area contributed by atoms with E-state index in [2.05, 4.69) is 65.1 Å². The van der Waals surface area contributed by atoms with Gasteiger partial charge in [-0.15, -0.1) is 0 Å². The van der Waals surface area contributed by atoms with Crippen LogP contribution in [0.5, 0.6) is 0 Å². The van der Waals surface area contributed by atoms with E-state index in [1.807, 2.05) is 19.1 Å². The molecule has 2 nitrogen and oxygen atoms in total. The Labute approximate surface area is 140 Å². The Morgan fingerprint density at radius 2 is 1.71 bits per heavy atom. The molecule has 0 aromatic heterocycles. The lowest BCUT2D eigenvalue weighted by Gasteiger charge is -2.28. The van der Waals surface area contributed by atoms with Gasteiger partial charge in [-0.2, -0.15) is 0 Å². The van der Waals surface area contributed by atoms with Gasteiger partial charge in [-0.1, -0.05) is 45.7 Å². The second-order valence-electron chi connectivity index (χ2n) is 5.33. The number of hydrogen-bond acceptors (Lipinski definition) is 2. The molecule has 0 fully saturated rings. The van der Waals surface area contributed by atoms with Gasteiger partial charge >= 0.3 is 0 Å². The average molecular weight is 368 g/mol. The Morgan fingerprint density at radius 3 is 2.24 bits per heavy atom. The first kappa shape index (κ1) is 16.3. The first-order chi connectivity index (χ1) is 9.90. The number of nitrogens with two attached hydrogens (primary N) is 1. The lowest BCUT2D eigenvalue weighted by atomic mass is 10.1. The van der Waals surface area contributed by atoms with Crippen molar-refractivity contribution in [2.75, 3.05) is 11.9 Å². The van der Waals surface area contributed by atoms with Crippen LogP contribution in [0.25, 0.3) is 0 Å². The maximum absolute atomic E-state index is 5.95. The smallest absolute Gasteiger partial charge is 0.0511 e. The molecule has 0 radical (unpaired) electrons. The van der Waals surface area contributed by atoms with Crippen molar-refractivity contribution >= 4 is 33.2 Å². The zero-order chi connectivity index (χ0) is 15.6. The van der Waals surface area contributed by atoms with Crippen LogP contribution in [0.3, 0.4) is 0 Å². The van der Waals surface area contributed by atoms with Crippen molar-refractivity contribution < 1.29 is 0 Å². The predicted octanol–water partition coefficient (Wildman–Crippen LogP) is 5.32. The van der Waals surface area contributed by atoms with Gasteiger partial charge in [0.05, 0.1) is 6.04 Å². The zero-order valence-corrected chi connectivity index (χ0v) is 14.8. The van der Waals surface area contributed by atoms with Crippen molar-refractivity contribution in [1.29, 1.82) is 0 Å². The number of nitrogens with zero attached hydrogens (tertiary/aromatic N) is 1. The number of benzene rings is 2. The summed E-state index contributed by atoms with van der Waals surface area (Å²) in [6, 6.07) is 14.6. The van der Waals surface area contributed by atoms with E-state index in [9.17, 15) is 0 Å². The fourth-order valence-corrected chi connectivity index (χ4v) is 3.15. The fourth-order valence-electron chi connectivity index (χ4n) is 2.29. The van der Waals surface area contributed by atoms with Crippen LogP contribution in [0.1, 0.15) is 37.1 Å². The van der Waals surface area contributed by atoms with Crippen LogP contribution in [0.2, 0.25) is 5.02 Å². The summed E-state index contributed by atoms with van der Waals surface area (Å²) in [4.78, 5) is 2.24. The number of anilines is 1. The van der Waals surface area contributed by atoms with Crippen LogP contribution in [0.15, 0.2) is 46.9 Å². The molecule has 0 saturated carbocycles. The molecule has 0 aliphatic heterocycles. The number of hydrogen-bond donors (Lipinski definition) is 1. The summed E-state index contributed by atoms with van der Waals surface area (Å²) >= 11 is 9.56. The third-order valence-corrected chi connectivity index (χ3v) is 4.75. The van der Waals surface area contributed by atoms with Gasteiger partial charge in [0.1, 0.15) is 0 Å². The molecule has 4 heteroatoms. The molecule has 1 unspecified atom stereocenters. The van der Waals surface area contributed by atoms with Crippen molar-refractivity contribution in [2.24, 2.45) is 5.73 Å². The minimum Gasteiger partial charge on any atom is -0.368 e. The zero-order valence-electron chi connectivity index (χ0n) is 12.5. The van der Waals surface area contributed by atoms with Crippen molar-refractivity contribution in [2.45, 2.75) is 25.9 Å². The van der Waals surface area contributed by atoms with Crippen LogP contribution < -0.4 is 10.6 Å². The molecule has 0 bridgehead atoms. The van der Waals surface area contributed by atoms with E-state index < -0.39 is 0 Å². The first-order valence-corrected chi connectivity index (χ1v) is 8.10. The molecule has 112 valence electrons. The lowest BCUT2D eigenvalue weighted by Crippen LogP contribution is -2.21. The lowest BCUT2D eigenvalue weighted by molar-refractivity contribution is 0.738. The molecule has 0 saturated heterocycles.